The fourth-order valence-corrected chi connectivity index (χ4v) is 3.59. The van der Waals surface area contributed by atoms with Crippen molar-refractivity contribution in [2.75, 3.05) is 7.05 Å². The number of likely N-dealkylation sites (N-methyl/N-ethyl adjacent to an activating group) is 1. The zero-order valence-corrected chi connectivity index (χ0v) is 19.8. The molecule has 37 heavy (non-hydrogen) atoms. The van der Waals surface area contributed by atoms with Crippen LogP contribution in [0.25, 0.3) is 0 Å². The Kier molecular flexibility index (Phi) is 9.21. The van der Waals surface area contributed by atoms with Gasteiger partial charge >= 0.3 is 18.2 Å². The quantitative estimate of drug-likeness (QED) is 0.245. The molecule has 3 rings (SSSR count). The third kappa shape index (κ3) is 7.77. The van der Waals surface area contributed by atoms with Crippen molar-refractivity contribution >= 4 is 12.1 Å². The van der Waals surface area contributed by atoms with Gasteiger partial charge in [0.2, 0.25) is 0 Å². The molecular formula is C27H24F5NO4. The minimum absolute atomic E-state index is 0.0644. The molecule has 0 heterocycles. The highest BCUT2D eigenvalue weighted by molar-refractivity contribution is 5.81. The number of amides is 1. The first-order chi connectivity index (χ1) is 17.6. The van der Waals surface area contributed by atoms with Gasteiger partial charge < -0.3 is 9.47 Å². The van der Waals surface area contributed by atoms with E-state index in [-0.39, 0.29) is 31.6 Å². The lowest BCUT2D eigenvalue weighted by atomic mass is 10.0. The van der Waals surface area contributed by atoms with Gasteiger partial charge in [0.25, 0.3) is 0 Å². The molecule has 1 unspecified atom stereocenters. The van der Waals surface area contributed by atoms with E-state index < -0.39 is 41.5 Å². The molecule has 0 aliphatic rings. The average Bonchev–Trinajstić information content (AvgIpc) is 2.86. The molecule has 0 fully saturated rings. The van der Waals surface area contributed by atoms with Gasteiger partial charge in [-0.05, 0) is 41.7 Å². The molecule has 0 aromatic heterocycles. The summed E-state index contributed by atoms with van der Waals surface area (Å²) in [6, 6.07) is 17.4. The van der Waals surface area contributed by atoms with Crippen LogP contribution in [0.5, 0.6) is 0 Å². The van der Waals surface area contributed by atoms with Crippen LogP contribution in [0.2, 0.25) is 0 Å². The number of aryl methyl sites for hydroxylation is 1. The van der Waals surface area contributed by atoms with E-state index in [4.69, 9.17) is 9.47 Å². The molecule has 0 saturated carbocycles. The maximum absolute atomic E-state index is 14.0. The van der Waals surface area contributed by atoms with E-state index in [1.165, 1.54) is 7.05 Å². The lowest BCUT2D eigenvalue weighted by Gasteiger charge is -2.26. The van der Waals surface area contributed by atoms with Crippen LogP contribution in [0.3, 0.4) is 0 Å². The molecule has 0 N–H and O–H groups in total. The largest absolute Gasteiger partial charge is 0.459 e. The summed E-state index contributed by atoms with van der Waals surface area (Å²) in [5.41, 5.74) is -0.703. The van der Waals surface area contributed by atoms with Gasteiger partial charge in [-0.25, -0.2) is 18.4 Å². The van der Waals surface area contributed by atoms with Crippen LogP contribution in [-0.2, 0) is 40.1 Å². The number of halogens is 5. The molecule has 0 radical (unpaired) electrons. The van der Waals surface area contributed by atoms with Crippen LogP contribution in [0.1, 0.15) is 28.7 Å². The van der Waals surface area contributed by atoms with Crippen molar-refractivity contribution in [3.05, 3.63) is 107 Å². The fraction of sp³-hybridized carbons (Fsp3) is 0.259. The number of esters is 1. The van der Waals surface area contributed by atoms with Gasteiger partial charge in [-0.3, -0.25) is 4.90 Å². The van der Waals surface area contributed by atoms with Crippen LogP contribution >= 0.6 is 0 Å². The zero-order chi connectivity index (χ0) is 27.0. The monoisotopic (exact) mass is 521 g/mol. The van der Waals surface area contributed by atoms with Crippen molar-refractivity contribution in [2.45, 2.75) is 38.3 Å². The van der Waals surface area contributed by atoms with Crippen molar-refractivity contribution in [1.29, 1.82) is 0 Å². The Morgan fingerprint density at radius 3 is 1.78 bits per heavy atom. The summed E-state index contributed by atoms with van der Waals surface area (Å²) in [6.07, 6.45) is -6.45. The molecule has 0 aliphatic heterocycles. The normalized spacial score (nSPS) is 12.1. The van der Waals surface area contributed by atoms with Crippen LogP contribution in [0.4, 0.5) is 26.7 Å². The number of carbonyl (C=O) groups excluding carboxylic acids is 2. The Bertz CT molecular complexity index is 1180. The number of hydrogen-bond acceptors (Lipinski definition) is 4. The molecular weight excluding hydrogens is 497 g/mol. The highest BCUT2D eigenvalue weighted by Gasteiger charge is 2.38. The molecule has 0 aliphatic carbocycles. The SMILES string of the molecule is CN(C(=O)OCc1ccccc1)C(CCc1cc(F)c(C(F)(F)F)c(F)c1)C(=O)OCc1ccccc1. The van der Waals surface area contributed by atoms with E-state index in [1.54, 1.807) is 60.7 Å². The molecule has 5 nitrogen and oxygen atoms in total. The number of hydrogen-bond donors (Lipinski definition) is 0. The van der Waals surface area contributed by atoms with Gasteiger partial charge in [-0.1, -0.05) is 60.7 Å². The van der Waals surface area contributed by atoms with Gasteiger partial charge in [-0.2, -0.15) is 13.2 Å². The van der Waals surface area contributed by atoms with Crippen LogP contribution < -0.4 is 0 Å². The van der Waals surface area contributed by atoms with Gasteiger partial charge in [-0.15, -0.1) is 0 Å². The van der Waals surface area contributed by atoms with Gasteiger partial charge in [0.15, 0.2) is 0 Å². The van der Waals surface area contributed by atoms with Crippen LogP contribution in [0, 0.1) is 11.6 Å². The Balaban J connectivity index is 1.74. The second-order valence-corrected chi connectivity index (χ2v) is 8.23. The molecule has 1 amide bonds. The lowest BCUT2D eigenvalue weighted by Crippen LogP contribution is -2.43. The predicted molar refractivity (Wildman–Crippen MR) is 124 cm³/mol. The van der Waals surface area contributed by atoms with Gasteiger partial charge in [0.1, 0.15) is 36.5 Å². The first-order valence-corrected chi connectivity index (χ1v) is 11.3. The van der Waals surface area contributed by atoms with E-state index >= 15 is 0 Å². The summed E-state index contributed by atoms with van der Waals surface area (Å²) in [4.78, 5) is 26.6. The molecule has 1 atom stereocenters. The predicted octanol–water partition coefficient (Wildman–Crippen LogP) is 6.30. The molecule has 196 valence electrons. The Labute approximate surface area is 210 Å². The molecule has 3 aromatic carbocycles. The highest BCUT2D eigenvalue weighted by atomic mass is 19.4. The topological polar surface area (TPSA) is 55.8 Å². The highest BCUT2D eigenvalue weighted by Crippen LogP contribution is 2.34. The van der Waals surface area contributed by atoms with Crippen molar-refractivity contribution in [3.8, 4) is 0 Å². The summed E-state index contributed by atoms with van der Waals surface area (Å²) in [6.45, 7) is -0.155. The van der Waals surface area contributed by atoms with E-state index in [0.29, 0.717) is 23.3 Å². The molecule has 0 saturated heterocycles. The van der Waals surface area contributed by atoms with E-state index in [0.717, 1.165) is 4.90 Å². The first-order valence-electron chi connectivity index (χ1n) is 11.3. The summed E-state index contributed by atoms with van der Waals surface area (Å²) in [5, 5.41) is 0. The summed E-state index contributed by atoms with van der Waals surface area (Å²) in [7, 11) is 1.30. The van der Waals surface area contributed by atoms with E-state index in [1.807, 2.05) is 0 Å². The minimum atomic E-state index is -5.20. The standard InChI is InChI=1S/C27H24F5NO4/c1-33(26(35)37-17-19-10-6-3-7-11-19)23(25(34)36-16-18-8-4-2-5-9-18)13-12-20-14-21(28)24(22(29)15-20)27(30,31)32/h2-11,14-15,23H,12-13,16-17H2,1H3. The second-order valence-electron chi connectivity index (χ2n) is 8.23. The fourth-order valence-electron chi connectivity index (χ4n) is 3.59. The maximum Gasteiger partial charge on any atom is 0.422 e. The molecule has 3 aromatic rings. The Morgan fingerprint density at radius 1 is 0.811 bits per heavy atom. The Hall–Kier alpha value is -3.95. The van der Waals surface area contributed by atoms with Crippen LogP contribution in [0.15, 0.2) is 72.8 Å². The molecule has 10 heteroatoms. The van der Waals surface area contributed by atoms with Crippen LogP contribution in [-0.4, -0.2) is 30.1 Å². The third-order valence-corrected chi connectivity index (χ3v) is 5.55. The lowest BCUT2D eigenvalue weighted by molar-refractivity contribution is -0.150. The number of nitrogens with zero attached hydrogens (tertiary/aromatic N) is 1. The van der Waals surface area contributed by atoms with Gasteiger partial charge in [0, 0.05) is 7.05 Å². The first kappa shape index (κ1) is 27.6. The van der Waals surface area contributed by atoms with Crippen molar-refractivity contribution in [3.63, 3.8) is 0 Å². The summed E-state index contributed by atoms with van der Waals surface area (Å²) >= 11 is 0. The molecule has 0 bridgehead atoms. The molecule has 0 spiro atoms. The van der Waals surface area contributed by atoms with Crippen molar-refractivity contribution in [2.24, 2.45) is 0 Å². The Morgan fingerprint density at radius 2 is 1.30 bits per heavy atom. The minimum Gasteiger partial charge on any atom is -0.459 e. The number of rotatable bonds is 9. The van der Waals surface area contributed by atoms with E-state index in [2.05, 4.69) is 0 Å². The number of carbonyl (C=O) groups is 2. The average molecular weight is 521 g/mol. The van der Waals surface area contributed by atoms with Crippen molar-refractivity contribution < 1.29 is 41.0 Å². The third-order valence-electron chi connectivity index (χ3n) is 5.55. The number of alkyl halides is 3. The zero-order valence-electron chi connectivity index (χ0n) is 19.8. The number of ether oxygens (including phenoxy) is 2. The van der Waals surface area contributed by atoms with Crippen molar-refractivity contribution in [1.82, 2.24) is 4.90 Å². The second kappa shape index (κ2) is 12.3. The van der Waals surface area contributed by atoms with Gasteiger partial charge in [0.05, 0.1) is 0 Å². The van der Waals surface area contributed by atoms with E-state index in [9.17, 15) is 31.5 Å². The smallest absolute Gasteiger partial charge is 0.422 e. The number of benzene rings is 3. The maximum atomic E-state index is 14.0. The summed E-state index contributed by atoms with van der Waals surface area (Å²) in [5.74, 6) is -4.33. The summed E-state index contributed by atoms with van der Waals surface area (Å²) < 4.78 is 77.3.